The van der Waals surface area contributed by atoms with Gasteiger partial charge in [0, 0.05) is 30.1 Å². The smallest absolute Gasteiger partial charge is 0.122 e. The second-order valence-corrected chi connectivity index (χ2v) is 4.11. The average Bonchev–Trinajstić information content (AvgIpc) is 2.83. The maximum Gasteiger partial charge on any atom is 0.122 e. The molecular weight excluding hydrogens is 214 g/mol. The van der Waals surface area contributed by atoms with E-state index in [0.717, 1.165) is 17.0 Å². The number of para-hydroxylation sites is 1. The standard InChI is InChI=1S/C13H13N3O/c14-13(11-7-15-5-6-16-11)10-8-17-12-4-2-1-3-9(10)12/h1-7,10,13H,8,14H2. The van der Waals surface area contributed by atoms with Crippen LogP contribution in [-0.4, -0.2) is 16.6 Å². The second-order valence-electron chi connectivity index (χ2n) is 4.11. The van der Waals surface area contributed by atoms with Crippen molar-refractivity contribution in [2.45, 2.75) is 12.0 Å². The highest BCUT2D eigenvalue weighted by Crippen LogP contribution is 2.39. The van der Waals surface area contributed by atoms with Crippen molar-refractivity contribution in [3.05, 3.63) is 54.1 Å². The molecule has 86 valence electrons. The highest BCUT2D eigenvalue weighted by molar-refractivity contribution is 5.41. The van der Waals surface area contributed by atoms with Crippen LogP contribution < -0.4 is 10.5 Å². The summed E-state index contributed by atoms with van der Waals surface area (Å²) in [6, 6.07) is 7.83. The Kier molecular flexibility index (Phi) is 2.49. The number of aromatic nitrogens is 2. The second kappa shape index (κ2) is 4.14. The molecular formula is C13H13N3O. The molecule has 0 fully saturated rings. The molecule has 2 N–H and O–H groups in total. The third-order valence-corrected chi connectivity index (χ3v) is 3.10. The van der Waals surface area contributed by atoms with Crippen molar-refractivity contribution < 1.29 is 4.74 Å². The molecule has 1 aromatic carbocycles. The van der Waals surface area contributed by atoms with E-state index in [4.69, 9.17) is 10.5 Å². The zero-order chi connectivity index (χ0) is 11.7. The van der Waals surface area contributed by atoms with Crippen LogP contribution in [0.4, 0.5) is 0 Å². The van der Waals surface area contributed by atoms with Gasteiger partial charge in [0.2, 0.25) is 0 Å². The molecule has 2 atom stereocenters. The Balaban J connectivity index is 1.92. The van der Waals surface area contributed by atoms with E-state index in [2.05, 4.69) is 16.0 Å². The summed E-state index contributed by atoms with van der Waals surface area (Å²) in [6.07, 6.45) is 5.03. The van der Waals surface area contributed by atoms with E-state index < -0.39 is 0 Å². The molecule has 0 saturated carbocycles. The van der Waals surface area contributed by atoms with Crippen LogP contribution in [0.5, 0.6) is 5.75 Å². The number of nitrogens with zero attached hydrogens (tertiary/aromatic N) is 2. The highest BCUT2D eigenvalue weighted by Gasteiger charge is 2.30. The van der Waals surface area contributed by atoms with Gasteiger partial charge in [-0.25, -0.2) is 0 Å². The third kappa shape index (κ3) is 1.76. The predicted octanol–water partition coefficient (Wildman–Crippen LogP) is 1.65. The first-order chi connectivity index (χ1) is 8.36. The Bertz CT molecular complexity index is 515. The van der Waals surface area contributed by atoms with E-state index in [-0.39, 0.29) is 12.0 Å². The summed E-state index contributed by atoms with van der Waals surface area (Å²) < 4.78 is 5.63. The van der Waals surface area contributed by atoms with E-state index >= 15 is 0 Å². The monoisotopic (exact) mass is 227 g/mol. The summed E-state index contributed by atoms with van der Waals surface area (Å²) in [6.45, 7) is 0.608. The van der Waals surface area contributed by atoms with E-state index in [1.165, 1.54) is 0 Å². The first-order valence-electron chi connectivity index (χ1n) is 5.59. The van der Waals surface area contributed by atoms with Crippen molar-refractivity contribution in [3.8, 4) is 5.75 Å². The summed E-state index contributed by atoms with van der Waals surface area (Å²) in [4.78, 5) is 8.30. The minimum absolute atomic E-state index is 0.155. The van der Waals surface area contributed by atoms with Crippen molar-refractivity contribution >= 4 is 0 Å². The van der Waals surface area contributed by atoms with Crippen molar-refractivity contribution in [2.24, 2.45) is 5.73 Å². The number of nitrogens with two attached hydrogens (primary N) is 1. The van der Waals surface area contributed by atoms with Crippen molar-refractivity contribution in [1.29, 1.82) is 0 Å². The lowest BCUT2D eigenvalue weighted by Crippen LogP contribution is -2.22. The van der Waals surface area contributed by atoms with Crippen LogP contribution >= 0.6 is 0 Å². The Labute approximate surface area is 99.5 Å². The van der Waals surface area contributed by atoms with Gasteiger partial charge in [-0.1, -0.05) is 18.2 Å². The molecule has 1 aliphatic rings. The maximum atomic E-state index is 6.23. The molecule has 0 aliphatic carbocycles. The minimum atomic E-state index is -0.174. The number of hydrogen-bond acceptors (Lipinski definition) is 4. The number of benzene rings is 1. The average molecular weight is 227 g/mol. The number of fused-ring (bicyclic) bond motifs is 1. The van der Waals surface area contributed by atoms with Crippen molar-refractivity contribution in [3.63, 3.8) is 0 Å². The van der Waals surface area contributed by atoms with Gasteiger partial charge in [0.15, 0.2) is 0 Å². The van der Waals surface area contributed by atoms with E-state index in [1.54, 1.807) is 18.6 Å². The molecule has 1 aliphatic heterocycles. The Hall–Kier alpha value is -1.94. The lowest BCUT2D eigenvalue weighted by molar-refractivity contribution is 0.314. The zero-order valence-corrected chi connectivity index (χ0v) is 9.28. The molecule has 0 amide bonds. The van der Waals surface area contributed by atoms with E-state index in [0.29, 0.717) is 6.61 Å². The van der Waals surface area contributed by atoms with Crippen LogP contribution in [0, 0.1) is 0 Å². The fourth-order valence-electron chi connectivity index (χ4n) is 2.17. The molecule has 1 aromatic heterocycles. The van der Waals surface area contributed by atoms with Crippen LogP contribution in [0.2, 0.25) is 0 Å². The van der Waals surface area contributed by atoms with Gasteiger partial charge in [0.1, 0.15) is 5.75 Å². The van der Waals surface area contributed by atoms with Crippen LogP contribution in [-0.2, 0) is 0 Å². The largest absolute Gasteiger partial charge is 0.493 e. The fourth-order valence-corrected chi connectivity index (χ4v) is 2.17. The minimum Gasteiger partial charge on any atom is -0.493 e. The van der Waals surface area contributed by atoms with Crippen LogP contribution in [0.1, 0.15) is 23.2 Å². The lowest BCUT2D eigenvalue weighted by atomic mass is 9.92. The first-order valence-corrected chi connectivity index (χ1v) is 5.59. The third-order valence-electron chi connectivity index (χ3n) is 3.10. The molecule has 0 radical (unpaired) electrons. The fraction of sp³-hybridized carbons (Fsp3) is 0.231. The topological polar surface area (TPSA) is 61.0 Å². The Morgan fingerprint density at radius 2 is 2.18 bits per heavy atom. The normalized spacial score (nSPS) is 19.5. The predicted molar refractivity (Wildman–Crippen MR) is 63.6 cm³/mol. The molecule has 0 saturated heterocycles. The Morgan fingerprint density at radius 3 is 3.00 bits per heavy atom. The van der Waals surface area contributed by atoms with Gasteiger partial charge in [-0.2, -0.15) is 0 Å². The molecule has 2 aromatic rings. The first kappa shape index (κ1) is 10.2. The number of ether oxygens (including phenoxy) is 1. The van der Waals surface area contributed by atoms with Gasteiger partial charge in [0.05, 0.1) is 18.3 Å². The molecule has 4 nitrogen and oxygen atoms in total. The Morgan fingerprint density at radius 1 is 1.29 bits per heavy atom. The summed E-state index contributed by atoms with van der Waals surface area (Å²) in [5.74, 6) is 1.08. The molecule has 2 unspecified atom stereocenters. The summed E-state index contributed by atoms with van der Waals surface area (Å²) >= 11 is 0. The van der Waals surface area contributed by atoms with Crippen LogP contribution in [0.25, 0.3) is 0 Å². The van der Waals surface area contributed by atoms with Gasteiger partial charge in [0.25, 0.3) is 0 Å². The number of hydrogen-bond donors (Lipinski definition) is 1. The van der Waals surface area contributed by atoms with E-state index in [1.807, 2.05) is 18.2 Å². The summed E-state index contributed by atoms with van der Waals surface area (Å²) in [5.41, 5.74) is 8.19. The van der Waals surface area contributed by atoms with Crippen LogP contribution in [0.15, 0.2) is 42.9 Å². The zero-order valence-electron chi connectivity index (χ0n) is 9.28. The van der Waals surface area contributed by atoms with Gasteiger partial charge >= 0.3 is 0 Å². The van der Waals surface area contributed by atoms with Crippen molar-refractivity contribution in [1.82, 2.24) is 9.97 Å². The molecule has 0 bridgehead atoms. The SMILES string of the molecule is NC(c1cnccn1)C1COc2ccccc21. The van der Waals surface area contributed by atoms with Gasteiger partial charge in [-0.3, -0.25) is 9.97 Å². The molecule has 17 heavy (non-hydrogen) atoms. The molecule has 0 spiro atoms. The van der Waals surface area contributed by atoms with E-state index in [9.17, 15) is 0 Å². The quantitative estimate of drug-likeness (QED) is 0.847. The van der Waals surface area contributed by atoms with Gasteiger partial charge < -0.3 is 10.5 Å². The summed E-state index contributed by atoms with van der Waals surface area (Å²) in [5, 5.41) is 0. The lowest BCUT2D eigenvalue weighted by Gasteiger charge is -2.17. The van der Waals surface area contributed by atoms with Crippen LogP contribution in [0.3, 0.4) is 0 Å². The molecule has 2 heterocycles. The van der Waals surface area contributed by atoms with Gasteiger partial charge in [-0.05, 0) is 6.07 Å². The maximum absolute atomic E-state index is 6.23. The molecule has 3 rings (SSSR count). The van der Waals surface area contributed by atoms with Gasteiger partial charge in [-0.15, -0.1) is 0 Å². The summed E-state index contributed by atoms with van der Waals surface area (Å²) in [7, 11) is 0. The number of rotatable bonds is 2. The van der Waals surface area contributed by atoms with Crippen molar-refractivity contribution in [2.75, 3.05) is 6.61 Å². The highest BCUT2D eigenvalue weighted by atomic mass is 16.5. The molecule has 4 heteroatoms.